The van der Waals surface area contributed by atoms with Crippen molar-refractivity contribution in [1.29, 1.82) is 0 Å². The first kappa shape index (κ1) is 20.7. The van der Waals surface area contributed by atoms with Gasteiger partial charge in [0.25, 0.3) is 0 Å². The van der Waals surface area contributed by atoms with Crippen molar-refractivity contribution in [1.82, 2.24) is 4.98 Å². The Morgan fingerprint density at radius 3 is 2.23 bits per heavy atom. The molecule has 0 radical (unpaired) electrons. The number of aromatic nitrogens is 1. The highest BCUT2D eigenvalue weighted by atomic mass is 16.6. The smallest absolute Gasteiger partial charge is 0.410 e. The van der Waals surface area contributed by atoms with E-state index in [4.69, 9.17) is 4.74 Å². The second kappa shape index (κ2) is 7.95. The maximum absolute atomic E-state index is 12.4. The van der Waals surface area contributed by atoms with E-state index in [0.29, 0.717) is 11.4 Å². The summed E-state index contributed by atoms with van der Waals surface area (Å²) in [4.78, 5) is 15.8. The summed E-state index contributed by atoms with van der Waals surface area (Å²) < 4.78 is 5.52. The Hall–Kier alpha value is -3.53. The third-order valence-corrected chi connectivity index (χ3v) is 5.55. The van der Waals surface area contributed by atoms with Crippen molar-refractivity contribution in [2.75, 3.05) is 5.32 Å². The Labute approximate surface area is 183 Å². The lowest BCUT2D eigenvalue weighted by Gasteiger charge is -2.19. The van der Waals surface area contributed by atoms with Crippen molar-refractivity contribution in [2.45, 2.75) is 40.0 Å². The van der Waals surface area contributed by atoms with Crippen molar-refractivity contribution in [3.63, 3.8) is 0 Å². The first-order chi connectivity index (χ1) is 14.7. The number of ether oxygens (including phenoxy) is 1. The minimum Gasteiger partial charge on any atom is -0.410 e. The molecule has 1 aromatic heterocycles. The molecule has 0 fully saturated rings. The summed E-state index contributed by atoms with van der Waals surface area (Å²) in [6.45, 7) is 10.7. The third kappa shape index (κ3) is 4.48. The molecular formula is C27H28N2O2. The molecule has 0 aliphatic heterocycles. The molecule has 4 aromatic rings. The van der Waals surface area contributed by atoms with Crippen LogP contribution in [0.3, 0.4) is 0 Å². The zero-order valence-corrected chi connectivity index (χ0v) is 18.7. The number of rotatable bonds is 3. The molecule has 0 aliphatic carbocycles. The number of anilines is 1. The fourth-order valence-corrected chi connectivity index (χ4v) is 3.85. The van der Waals surface area contributed by atoms with E-state index < -0.39 is 6.09 Å². The molecule has 0 saturated heterocycles. The average Bonchev–Trinajstić information content (AvgIpc) is 3.10. The molecule has 4 heteroatoms. The number of H-pyrrole nitrogens is 1. The highest BCUT2D eigenvalue weighted by molar-refractivity contribution is 5.90. The van der Waals surface area contributed by atoms with Gasteiger partial charge in [-0.3, -0.25) is 5.32 Å². The molecule has 158 valence electrons. The number of carbonyl (C=O) groups excluding carboxylic acids is 1. The Morgan fingerprint density at radius 2 is 1.58 bits per heavy atom. The molecule has 0 saturated carbocycles. The fraction of sp³-hybridized carbons (Fsp3) is 0.222. The van der Waals surface area contributed by atoms with Gasteiger partial charge in [0, 0.05) is 33.9 Å². The van der Waals surface area contributed by atoms with Gasteiger partial charge in [0.1, 0.15) is 5.75 Å². The minimum absolute atomic E-state index is 0.0696. The lowest BCUT2D eigenvalue weighted by molar-refractivity contribution is 0.215. The Balaban J connectivity index is 1.50. The average molecular weight is 413 g/mol. The molecule has 3 aromatic carbocycles. The van der Waals surface area contributed by atoms with Gasteiger partial charge >= 0.3 is 6.09 Å². The first-order valence-electron chi connectivity index (χ1n) is 10.5. The summed E-state index contributed by atoms with van der Waals surface area (Å²) >= 11 is 0. The number of carbonyl (C=O) groups is 1. The van der Waals surface area contributed by atoms with Gasteiger partial charge in [-0.05, 0) is 66.3 Å². The maximum atomic E-state index is 12.4. The van der Waals surface area contributed by atoms with Crippen LogP contribution in [0.25, 0.3) is 22.2 Å². The van der Waals surface area contributed by atoms with Crippen LogP contribution in [0.2, 0.25) is 0 Å². The van der Waals surface area contributed by atoms with Gasteiger partial charge in [0.05, 0.1) is 0 Å². The molecule has 4 rings (SSSR count). The second-order valence-electron chi connectivity index (χ2n) is 9.04. The van der Waals surface area contributed by atoms with Crippen molar-refractivity contribution < 1.29 is 9.53 Å². The number of aromatic amines is 1. The third-order valence-electron chi connectivity index (χ3n) is 5.55. The lowest BCUT2D eigenvalue weighted by atomic mass is 9.87. The van der Waals surface area contributed by atoms with Crippen LogP contribution in [0.4, 0.5) is 10.5 Å². The molecular weight excluding hydrogens is 384 g/mol. The summed E-state index contributed by atoms with van der Waals surface area (Å²) in [6, 6.07) is 21.9. The molecule has 2 N–H and O–H groups in total. The molecule has 0 unspecified atom stereocenters. The number of fused-ring (bicyclic) bond motifs is 1. The van der Waals surface area contributed by atoms with Crippen LogP contribution in [0.1, 0.15) is 37.5 Å². The molecule has 0 spiro atoms. The summed E-state index contributed by atoms with van der Waals surface area (Å²) in [5.41, 5.74) is 7.63. The van der Waals surface area contributed by atoms with Crippen molar-refractivity contribution in [2.24, 2.45) is 0 Å². The molecule has 0 atom stereocenters. The van der Waals surface area contributed by atoms with E-state index in [0.717, 1.165) is 16.6 Å². The highest BCUT2D eigenvalue weighted by Gasteiger charge is 2.14. The second-order valence-corrected chi connectivity index (χ2v) is 9.04. The van der Waals surface area contributed by atoms with Crippen LogP contribution in [0.15, 0.2) is 66.7 Å². The summed E-state index contributed by atoms with van der Waals surface area (Å²) in [5.74, 6) is 0.492. The largest absolute Gasteiger partial charge is 0.417 e. The number of hydrogen-bond donors (Lipinski definition) is 2. The van der Waals surface area contributed by atoms with Crippen LogP contribution >= 0.6 is 0 Å². The molecule has 0 bridgehead atoms. The molecule has 0 aliphatic rings. The Bertz CT molecular complexity index is 1220. The SMILES string of the molecule is Cc1cccc(C)c1-c1cc2ccc(OC(=O)Nc3ccc(C(C)(C)C)cc3)cc2[nH]1. The van der Waals surface area contributed by atoms with Gasteiger partial charge in [-0.2, -0.15) is 0 Å². The molecule has 4 nitrogen and oxygen atoms in total. The number of nitrogens with one attached hydrogen (secondary N) is 2. The van der Waals surface area contributed by atoms with Crippen LogP contribution in [-0.2, 0) is 5.41 Å². The predicted octanol–water partition coefficient (Wildman–Crippen LogP) is 7.36. The summed E-state index contributed by atoms with van der Waals surface area (Å²) in [7, 11) is 0. The van der Waals surface area contributed by atoms with E-state index in [1.54, 1.807) is 0 Å². The molecule has 1 heterocycles. The standard InChI is InChI=1S/C27H28N2O2/c1-17-7-6-8-18(2)25(17)24-15-19-9-14-22(16-23(19)29-24)31-26(30)28-21-12-10-20(11-13-21)27(3,4)5/h6-16,29H,1-5H3,(H,28,30). The predicted molar refractivity (Wildman–Crippen MR) is 128 cm³/mol. The van der Waals surface area contributed by atoms with Gasteiger partial charge < -0.3 is 9.72 Å². The van der Waals surface area contributed by atoms with Crippen molar-refractivity contribution in [3.8, 4) is 17.0 Å². The van der Waals surface area contributed by atoms with Crippen LogP contribution < -0.4 is 10.1 Å². The summed E-state index contributed by atoms with van der Waals surface area (Å²) in [5, 5.41) is 3.86. The summed E-state index contributed by atoms with van der Waals surface area (Å²) in [6.07, 6.45) is -0.510. The van der Waals surface area contributed by atoms with E-state index >= 15 is 0 Å². The quantitative estimate of drug-likeness (QED) is 0.369. The van der Waals surface area contributed by atoms with E-state index in [2.05, 4.69) is 69.2 Å². The van der Waals surface area contributed by atoms with Crippen LogP contribution in [0.5, 0.6) is 5.75 Å². The van der Waals surface area contributed by atoms with Crippen LogP contribution in [0, 0.1) is 13.8 Å². The zero-order chi connectivity index (χ0) is 22.2. The number of hydrogen-bond acceptors (Lipinski definition) is 2. The van der Waals surface area contributed by atoms with E-state index in [-0.39, 0.29) is 5.41 Å². The van der Waals surface area contributed by atoms with E-state index in [9.17, 15) is 4.79 Å². The van der Waals surface area contributed by atoms with Gasteiger partial charge in [-0.25, -0.2) is 4.79 Å². The minimum atomic E-state index is -0.510. The Morgan fingerprint density at radius 1 is 0.903 bits per heavy atom. The molecule has 31 heavy (non-hydrogen) atoms. The topological polar surface area (TPSA) is 54.1 Å². The van der Waals surface area contributed by atoms with Gasteiger partial charge in [-0.1, -0.05) is 51.1 Å². The number of benzene rings is 3. The first-order valence-corrected chi connectivity index (χ1v) is 10.5. The van der Waals surface area contributed by atoms with Crippen molar-refractivity contribution in [3.05, 3.63) is 83.4 Å². The highest BCUT2D eigenvalue weighted by Crippen LogP contribution is 2.31. The number of amides is 1. The van der Waals surface area contributed by atoms with Gasteiger partial charge in [0.15, 0.2) is 0 Å². The fourth-order valence-electron chi connectivity index (χ4n) is 3.85. The van der Waals surface area contributed by atoms with Crippen molar-refractivity contribution >= 4 is 22.7 Å². The molecule has 1 amide bonds. The lowest BCUT2D eigenvalue weighted by Crippen LogP contribution is -2.17. The van der Waals surface area contributed by atoms with E-state index in [1.807, 2.05) is 42.5 Å². The maximum Gasteiger partial charge on any atom is 0.417 e. The van der Waals surface area contributed by atoms with Gasteiger partial charge in [0.2, 0.25) is 0 Å². The van der Waals surface area contributed by atoms with Crippen LogP contribution in [-0.4, -0.2) is 11.1 Å². The van der Waals surface area contributed by atoms with Gasteiger partial charge in [-0.15, -0.1) is 0 Å². The monoisotopic (exact) mass is 412 g/mol. The van der Waals surface area contributed by atoms with E-state index in [1.165, 1.54) is 22.3 Å². The zero-order valence-electron chi connectivity index (χ0n) is 18.7. The number of aryl methyl sites for hydroxylation is 2. The normalized spacial score (nSPS) is 11.5. The Kier molecular flexibility index (Phi) is 5.32.